The molecule has 4 fully saturated rings. The molecule has 0 spiro atoms. The number of carbonyl (C=O) groups is 2. The van der Waals surface area contributed by atoms with Gasteiger partial charge in [0.25, 0.3) is 0 Å². The van der Waals surface area contributed by atoms with Gasteiger partial charge in [0.2, 0.25) is 0 Å². The van der Waals surface area contributed by atoms with Crippen molar-refractivity contribution in [1.82, 2.24) is 0 Å². The van der Waals surface area contributed by atoms with E-state index in [1.54, 1.807) is 0 Å². The van der Waals surface area contributed by atoms with Gasteiger partial charge in [-0.15, -0.1) is 0 Å². The molecular weight excluding hydrogens is 208 g/mol. The zero-order valence-corrected chi connectivity index (χ0v) is 9.00. The van der Waals surface area contributed by atoms with Gasteiger partial charge in [0.1, 0.15) is 0 Å². The lowest BCUT2D eigenvalue weighted by molar-refractivity contribution is -0.169. The van der Waals surface area contributed by atoms with E-state index >= 15 is 0 Å². The molecule has 4 saturated carbocycles. The molecule has 0 heterocycles. The van der Waals surface area contributed by atoms with E-state index < -0.39 is 11.9 Å². The van der Waals surface area contributed by atoms with E-state index in [1.807, 2.05) is 0 Å². The van der Waals surface area contributed by atoms with Crippen molar-refractivity contribution in [2.24, 2.45) is 35.5 Å². The van der Waals surface area contributed by atoms with Crippen LogP contribution in [0.15, 0.2) is 0 Å². The molecule has 0 saturated heterocycles. The molecule has 4 rings (SSSR count). The van der Waals surface area contributed by atoms with E-state index in [2.05, 4.69) is 0 Å². The van der Waals surface area contributed by atoms with Crippen LogP contribution in [0.3, 0.4) is 0 Å². The van der Waals surface area contributed by atoms with Crippen LogP contribution in [-0.4, -0.2) is 22.2 Å². The van der Waals surface area contributed by atoms with Crippen molar-refractivity contribution in [3.63, 3.8) is 0 Å². The number of rotatable bonds is 2. The maximum atomic E-state index is 11.2. The third kappa shape index (κ3) is 1.22. The fourth-order valence-electron chi connectivity index (χ4n) is 4.69. The molecule has 0 atom stereocenters. The molecule has 4 aliphatic rings. The molecule has 0 aliphatic heterocycles. The van der Waals surface area contributed by atoms with Gasteiger partial charge in [-0.05, 0) is 49.4 Å². The lowest BCUT2D eigenvalue weighted by Gasteiger charge is -2.55. The van der Waals surface area contributed by atoms with Gasteiger partial charge in [-0.25, -0.2) is 0 Å². The minimum atomic E-state index is -0.666. The predicted octanol–water partition coefficient (Wildman–Crippen LogP) is 1.45. The van der Waals surface area contributed by atoms with Gasteiger partial charge in [0.05, 0.1) is 11.8 Å². The summed E-state index contributed by atoms with van der Waals surface area (Å²) in [7, 11) is 0. The van der Waals surface area contributed by atoms with Crippen molar-refractivity contribution >= 4 is 11.9 Å². The molecule has 0 amide bonds. The summed E-state index contributed by atoms with van der Waals surface area (Å²) in [5, 5.41) is 18.4. The van der Waals surface area contributed by atoms with E-state index in [0.717, 1.165) is 25.7 Å². The summed E-state index contributed by atoms with van der Waals surface area (Å²) in [6, 6.07) is 0. The van der Waals surface area contributed by atoms with Crippen LogP contribution in [0.2, 0.25) is 0 Å². The lowest BCUT2D eigenvalue weighted by atomic mass is 9.48. The number of hydrogen-bond donors (Lipinski definition) is 2. The molecule has 0 aromatic rings. The van der Waals surface area contributed by atoms with Gasteiger partial charge in [-0.3, -0.25) is 9.59 Å². The number of aliphatic carboxylic acids is 2. The Morgan fingerprint density at radius 3 is 1.12 bits per heavy atom. The zero-order chi connectivity index (χ0) is 11.4. The average Bonchev–Trinajstić information content (AvgIpc) is 2.14. The van der Waals surface area contributed by atoms with Crippen LogP contribution in [0.1, 0.15) is 25.7 Å². The summed E-state index contributed by atoms with van der Waals surface area (Å²) in [6.07, 6.45) is 3.28. The molecule has 0 radical (unpaired) electrons. The van der Waals surface area contributed by atoms with E-state index in [0.29, 0.717) is 0 Å². The summed E-state index contributed by atoms with van der Waals surface area (Å²) in [5.41, 5.74) is 0. The smallest absolute Gasteiger partial charge is 0.307 e. The van der Waals surface area contributed by atoms with Gasteiger partial charge in [-0.2, -0.15) is 0 Å². The van der Waals surface area contributed by atoms with Crippen LogP contribution < -0.4 is 0 Å². The largest absolute Gasteiger partial charge is 0.481 e. The van der Waals surface area contributed by atoms with Gasteiger partial charge in [-0.1, -0.05) is 0 Å². The highest BCUT2D eigenvalue weighted by Crippen LogP contribution is 2.59. The van der Waals surface area contributed by atoms with Crippen LogP contribution in [0.5, 0.6) is 0 Å². The monoisotopic (exact) mass is 224 g/mol. The Morgan fingerprint density at radius 2 is 0.938 bits per heavy atom. The predicted molar refractivity (Wildman–Crippen MR) is 54.7 cm³/mol. The molecule has 0 unspecified atom stereocenters. The molecule has 4 heteroatoms. The van der Waals surface area contributed by atoms with E-state index in [4.69, 9.17) is 0 Å². The first-order valence-corrected chi connectivity index (χ1v) is 6.03. The number of carboxylic acids is 2. The molecule has 4 nitrogen and oxygen atoms in total. The lowest BCUT2D eigenvalue weighted by Crippen LogP contribution is -2.54. The summed E-state index contributed by atoms with van der Waals surface area (Å²) < 4.78 is 0. The molecule has 0 aromatic carbocycles. The molecule has 2 N–H and O–H groups in total. The maximum Gasteiger partial charge on any atom is 0.307 e. The second-order valence-electron chi connectivity index (χ2n) is 5.71. The summed E-state index contributed by atoms with van der Waals surface area (Å²) in [4.78, 5) is 22.4. The van der Waals surface area contributed by atoms with Gasteiger partial charge in [0.15, 0.2) is 0 Å². The quantitative estimate of drug-likeness (QED) is 0.744. The van der Waals surface area contributed by atoms with Crippen molar-refractivity contribution in [2.45, 2.75) is 25.7 Å². The number of hydrogen-bond acceptors (Lipinski definition) is 2. The van der Waals surface area contributed by atoms with Crippen LogP contribution in [0.25, 0.3) is 0 Å². The fourth-order valence-corrected chi connectivity index (χ4v) is 4.69. The first kappa shape index (κ1) is 10.1. The Labute approximate surface area is 93.6 Å². The normalized spacial score (nSPS) is 49.2. The van der Waals surface area contributed by atoms with Crippen molar-refractivity contribution < 1.29 is 19.8 Å². The Bertz CT molecular complexity index is 289. The summed E-state index contributed by atoms with van der Waals surface area (Å²) in [6.45, 7) is 0. The maximum absolute atomic E-state index is 11.2. The van der Waals surface area contributed by atoms with Crippen LogP contribution in [-0.2, 0) is 9.59 Å². The first-order valence-electron chi connectivity index (χ1n) is 6.03. The van der Waals surface area contributed by atoms with Gasteiger partial charge >= 0.3 is 11.9 Å². The molecule has 0 aromatic heterocycles. The first-order chi connectivity index (χ1) is 7.58. The minimum Gasteiger partial charge on any atom is -0.481 e. The summed E-state index contributed by atoms with van der Waals surface area (Å²) in [5.74, 6) is -0.733. The van der Waals surface area contributed by atoms with Crippen molar-refractivity contribution in [3.8, 4) is 0 Å². The fraction of sp³-hybridized carbons (Fsp3) is 0.833. The number of carboxylic acid groups (broad SMARTS) is 2. The third-order valence-electron chi connectivity index (χ3n) is 5.02. The Hall–Kier alpha value is -1.06. The Balaban J connectivity index is 1.87. The van der Waals surface area contributed by atoms with Gasteiger partial charge < -0.3 is 10.2 Å². The average molecular weight is 224 g/mol. The van der Waals surface area contributed by atoms with Crippen molar-refractivity contribution in [1.29, 1.82) is 0 Å². The standard InChI is InChI=1S/C12H16O4/c13-11(14)9-5-1-6-3-8(9)4-7(2-5)10(6)12(15)16/h5-10H,1-4H2,(H,13,14)(H,15,16). The molecular formula is C12H16O4. The third-order valence-corrected chi connectivity index (χ3v) is 5.02. The Kier molecular flexibility index (Phi) is 2.03. The minimum absolute atomic E-state index is 0.192. The van der Waals surface area contributed by atoms with Crippen LogP contribution in [0, 0.1) is 35.5 Å². The van der Waals surface area contributed by atoms with E-state index in [-0.39, 0.29) is 35.5 Å². The van der Waals surface area contributed by atoms with Gasteiger partial charge in [0, 0.05) is 0 Å². The highest BCUT2D eigenvalue weighted by atomic mass is 16.4. The molecule has 16 heavy (non-hydrogen) atoms. The highest BCUT2D eigenvalue weighted by molar-refractivity contribution is 5.73. The molecule has 4 bridgehead atoms. The van der Waals surface area contributed by atoms with Crippen LogP contribution in [0.4, 0.5) is 0 Å². The van der Waals surface area contributed by atoms with E-state index in [1.165, 1.54) is 0 Å². The highest BCUT2D eigenvalue weighted by Gasteiger charge is 2.56. The SMILES string of the molecule is O=C(O)C1C2CC3CC1CC(C2)C3C(=O)O. The summed E-state index contributed by atoms with van der Waals surface area (Å²) >= 11 is 0. The topological polar surface area (TPSA) is 74.6 Å². The Morgan fingerprint density at radius 1 is 0.688 bits per heavy atom. The van der Waals surface area contributed by atoms with Crippen molar-refractivity contribution in [3.05, 3.63) is 0 Å². The zero-order valence-electron chi connectivity index (χ0n) is 9.00. The van der Waals surface area contributed by atoms with Crippen molar-refractivity contribution in [2.75, 3.05) is 0 Å². The van der Waals surface area contributed by atoms with E-state index in [9.17, 15) is 19.8 Å². The molecule has 4 aliphatic carbocycles. The van der Waals surface area contributed by atoms with Crippen LogP contribution >= 0.6 is 0 Å². The second-order valence-corrected chi connectivity index (χ2v) is 5.71. The second kappa shape index (κ2) is 3.22. The molecule has 88 valence electrons.